The molecule has 1 aromatic heterocycles. The van der Waals surface area contributed by atoms with Gasteiger partial charge in [-0.2, -0.15) is 4.80 Å². The van der Waals surface area contributed by atoms with Crippen LogP contribution in [0.2, 0.25) is 0 Å². The summed E-state index contributed by atoms with van der Waals surface area (Å²) in [6.07, 6.45) is 1.68. The van der Waals surface area contributed by atoms with Crippen LogP contribution in [-0.2, 0) is 23.1 Å². The SMILES string of the molecule is COC(=O)C1CCN(Cc2nnn(C)n2)CC1. The third-order valence-electron chi connectivity index (χ3n) is 3.04. The van der Waals surface area contributed by atoms with Crippen LogP contribution < -0.4 is 0 Å². The minimum Gasteiger partial charge on any atom is -0.469 e. The van der Waals surface area contributed by atoms with E-state index in [1.165, 1.54) is 11.9 Å². The van der Waals surface area contributed by atoms with E-state index in [0.717, 1.165) is 31.8 Å². The maximum atomic E-state index is 11.4. The Balaban J connectivity index is 1.81. The van der Waals surface area contributed by atoms with Gasteiger partial charge >= 0.3 is 5.97 Å². The zero-order valence-electron chi connectivity index (χ0n) is 10.2. The number of rotatable bonds is 3. The molecule has 0 spiro atoms. The molecule has 0 radical (unpaired) electrons. The maximum Gasteiger partial charge on any atom is 0.308 e. The Kier molecular flexibility index (Phi) is 3.68. The molecule has 0 amide bonds. The normalized spacial score (nSPS) is 18.2. The van der Waals surface area contributed by atoms with Crippen molar-refractivity contribution in [3.63, 3.8) is 0 Å². The lowest BCUT2D eigenvalue weighted by atomic mass is 9.97. The van der Waals surface area contributed by atoms with Gasteiger partial charge in [-0.1, -0.05) is 0 Å². The second-order valence-electron chi connectivity index (χ2n) is 4.27. The molecule has 1 fully saturated rings. The van der Waals surface area contributed by atoms with Crippen molar-refractivity contribution in [2.45, 2.75) is 19.4 Å². The lowest BCUT2D eigenvalue weighted by Gasteiger charge is -2.29. The summed E-state index contributed by atoms with van der Waals surface area (Å²) in [7, 11) is 3.19. The zero-order chi connectivity index (χ0) is 12.3. The quantitative estimate of drug-likeness (QED) is 0.668. The van der Waals surface area contributed by atoms with Gasteiger partial charge in [0.05, 0.1) is 26.6 Å². The first-order chi connectivity index (χ1) is 8.19. The first-order valence-corrected chi connectivity index (χ1v) is 5.72. The van der Waals surface area contributed by atoms with E-state index in [-0.39, 0.29) is 11.9 Å². The van der Waals surface area contributed by atoms with Gasteiger partial charge in [0.1, 0.15) is 0 Å². The molecule has 1 saturated heterocycles. The van der Waals surface area contributed by atoms with Gasteiger partial charge in [0.25, 0.3) is 0 Å². The zero-order valence-corrected chi connectivity index (χ0v) is 10.2. The van der Waals surface area contributed by atoms with Gasteiger partial charge in [0.2, 0.25) is 0 Å². The predicted octanol–water partition coefficient (Wildman–Crippen LogP) is -0.405. The molecule has 2 rings (SSSR count). The number of nitrogens with zero attached hydrogens (tertiary/aromatic N) is 5. The summed E-state index contributed by atoms with van der Waals surface area (Å²) < 4.78 is 4.75. The fourth-order valence-electron chi connectivity index (χ4n) is 2.08. The van der Waals surface area contributed by atoms with Crippen molar-refractivity contribution in [2.24, 2.45) is 13.0 Å². The van der Waals surface area contributed by atoms with Crippen molar-refractivity contribution < 1.29 is 9.53 Å². The summed E-state index contributed by atoms with van der Waals surface area (Å²) in [5.41, 5.74) is 0. The molecule has 0 saturated carbocycles. The van der Waals surface area contributed by atoms with E-state index >= 15 is 0 Å². The monoisotopic (exact) mass is 239 g/mol. The van der Waals surface area contributed by atoms with E-state index in [9.17, 15) is 4.79 Å². The lowest BCUT2D eigenvalue weighted by Crippen LogP contribution is -2.36. The third kappa shape index (κ3) is 3.00. The van der Waals surface area contributed by atoms with Gasteiger partial charge < -0.3 is 4.74 Å². The Bertz CT molecular complexity index is 384. The van der Waals surface area contributed by atoms with Crippen LogP contribution in [0.15, 0.2) is 0 Å². The maximum absolute atomic E-state index is 11.4. The molecule has 0 atom stereocenters. The second kappa shape index (κ2) is 5.22. The molecule has 1 aliphatic heterocycles. The minimum absolute atomic E-state index is 0.0473. The van der Waals surface area contributed by atoms with Gasteiger partial charge in [-0.05, 0) is 31.1 Å². The van der Waals surface area contributed by atoms with Crippen LogP contribution in [0, 0.1) is 5.92 Å². The number of carbonyl (C=O) groups excluding carboxylic acids is 1. The lowest BCUT2D eigenvalue weighted by molar-refractivity contribution is -0.147. The van der Waals surface area contributed by atoms with E-state index in [4.69, 9.17) is 4.74 Å². The molecule has 1 aliphatic rings. The first kappa shape index (κ1) is 12.0. The average molecular weight is 239 g/mol. The molecule has 94 valence electrons. The molecule has 0 aromatic carbocycles. The summed E-state index contributed by atoms with van der Waals surface area (Å²) in [5, 5.41) is 11.9. The Morgan fingerprint density at radius 3 is 2.71 bits per heavy atom. The Morgan fingerprint density at radius 2 is 2.18 bits per heavy atom. The third-order valence-corrected chi connectivity index (χ3v) is 3.04. The molecule has 17 heavy (non-hydrogen) atoms. The number of esters is 1. The highest BCUT2D eigenvalue weighted by atomic mass is 16.5. The molecule has 7 nitrogen and oxygen atoms in total. The molecule has 0 bridgehead atoms. The van der Waals surface area contributed by atoms with Crippen LogP contribution in [-0.4, -0.2) is 51.3 Å². The highest BCUT2D eigenvalue weighted by Crippen LogP contribution is 2.19. The van der Waals surface area contributed by atoms with E-state index in [0.29, 0.717) is 6.54 Å². The number of carbonyl (C=O) groups is 1. The topological polar surface area (TPSA) is 73.1 Å². The van der Waals surface area contributed by atoms with Crippen LogP contribution >= 0.6 is 0 Å². The van der Waals surface area contributed by atoms with Crippen LogP contribution in [0.5, 0.6) is 0 Å². The molecule has 0 unspecified atom stereocenters. The standard InChI is InChI=1S/C10H17N5O2/c1-14-12-9(11-13-14)7-15-5-3-8(4-6-15)10(16)17-2/h8H,3-7H2,1-2H3. The molecule has 7 heteroatoms. The number of likely N-dealkylation sites (tertiary alicyclic amines) is 1. The summed E-state index contributed by atoms with van der Waals surface area (Å²) in [4.78, 5) is 15.0. The van der Waals surface area contributed by atoms with E-state index < -0.39 is 0 Å². The van der Waals surface area contributed by atoms with E-state index in [1.54, 1.807) is 7.05 Å². The number of aromatic nitrogens is 4. The molecule has 2 heterocycles. The van der Waals surface area contributed by atoms with Crippen molar-refractivity contribution in [3.05, 3.63) is 5.82 Å². The van der Waals surface area contributed by atoms with Crippen molar-refractivity contribution >= 4 is 5.97 Å². The minimum atomic E-state index is -0.0951. The van der Waals surface area contributed by atoms with Gasteiger partial charge in [-0.25, -0.2) is 0 Å². The highest BCUT2D eigenvalue weighted by molar-refractivity contribution is 5.72. The number of piperidine rings is 1. The van der Waals surface area contributed by atoms with Gasteiger partial charge in [0, 0.05) is 0 Å². The van der Waals surface area contributed by atoms with Crippen LogP contribution in [0.3, 0.4) is 0 Å². The fraction of sp³-hybridized carbons (Fsp3) is 0.800. The number of tetrazole rings is 1. The molecular weight excluding hydrogens is 222 g/mol. The van der Waals surface area contributed by atoms with E-state index in [2.05, 4.69) is 20.3 Å². The summed E-state index contributed by atoms with van der Waals surface area (Å²) in [6.45, 7) is 2.44. The first-order valence-electron chi connectivity index (χ1n) is 5.72. The Hall–Kier alpha value is -1.50. The number of hydrogen-bond donors (Lipinski definition) is 0. The van der Waals surface area contributed by atoms with Gasteiger partial charge in [-0.15, -0.1) is 10.2 Å². The second-order valence-corrected chi connectivity index (χ2v) is 4.27. The van der Waals surface area contributed by atoms with Crippen molar-refractivity contribution in [3.8, 4) is 0 Å². The number of hydrogen-bond acceptors (Lipinski definition) is 6. The summed E-state index contributed by atoms with van der Waals surface area (Å²) >= 11 is 0. The smallest absolute Gasteiger partial charge is 0.308 e. The number of aryl methyl sites for hydroxylation is 1. The number of methoxy groups -OCH3 is 1. The summed E-state index contributed by atoms with van der Waals surface area (Å²) in [6, 6.07) is 0. The van der Waals surface area contributed by atoms with Gasteiger partial charge in [-0.3, -0.25) is 9.69 Å². The fourth-order valence-corrected chi connectivity index (χ4v) is 2.08. The van der Waals surface area contributed by atoms with Crippen molar-refractivity contribution in [2.75, 3.05) is 20.2 Å². The molecule has 1 aromatic rings. The molecule has 0 aliphatic carbocycles. The van der Waals surface area contributed by atoms with Crippen LogP contribution in [0.25, 0.3) is 0 Å². The Labute approximate surface area is 99.7 Å². The van der Waals surface area contributed by atoms with Gasteiger partial charge in [0.15, 0.2) is 5.82 Å². The van der Waals surface area contributed by atoms with Crippen LogP contribution in [0.4, 0.5) is 0 Å². The number of ether oxygens (including phenoxy) is 1. The van der Waals surface area contributed by atoms with Crippen molar-refractivity contribution in [1.82, 2.24) is 25.1 Å². The molecular formula is C10H17N5O2. The molecule has 0 N–H and O–H groups in total. The van der Waals surface area contributed by atoms with Crippen molar-refractivity contribution in [1.29, 1.82) is 0 Å². The predicted molar refractivity (Wildman–Crippen MR) is 58.8 cm³/mol. The summed E-state index contributed by atoms with van der Waals surface area (Å²) in [5.74, 6) is 0.678. The average Bonchev–Trinajstić information content (AvgIpc) is 2.75. The Morgan fingerprint density at radius 1 is 1.47 bits per heavy atom. The van der Waals surface area contributed by atoms with Crippen LogP contribution in [0.1, 0.15) is 18.7 Å². The highest BCUT2D eigenvalue weighted by Gasteiger charge is 2.25. The van der Waals surface area contributed by atoms with E-state index in [1.807, 2.05) is 0 Å². The largest absolute Gasteiger partial charge is 0.469 e.